The summed E-state index contributed by atoms with van der Waals surface area (Å²) >= 11 is 3.31. The highest BCUT2D eigenvalue weighted by Gasteiger charge is 2.29. The lowest BCUT2D eigenvalue weighted by Crippen LogP contribution is -2.26. The van der Waals surface area contributed by atoms with E-state index in [1.165, 1.54) is 0 Å². The number of fused-ring (bicyclic) bond motifs is 2. The molecule has 9 rings (SSSR count). The fraction of sp³-hybridized carbons (Fsp3) is 0.311. The number of rotatable bonds is 14. The monoisotopic (exact) mass is 976 g/mol. The summed E-state index contributed by atoms with van der Waals surface area (Å²) in [5.74, 6) is 0.218. The van der Waals surface area contributed by atoms with Gasteiger partial charge in [-0.2, -0.15) is 31.4 Å². The van der Waals surface area contributed by atoms with Crippen LogP contribution in [0.2, 0.25) is 0 Å². The number of anilines is 4. The van der Waals surface area contributed by atoms with E-state index in [1.54, 1.807) is 70.2 Å². The summed E-state index contributed by atoms with van der Waals surface area (Å²) in [7, 11) is 0. The number of nitrogens with zero attached hydrogens (tertiary/aromatic N) is 7. The van der Waals surface area contributed by atoms with Crippen LogP contribution in [-0.4, -0.2) is 83.5 Å². The summed E-state index contributed by atoms with van der Waals surface area (Å²) < 4.78 is 79.2. The van der Waals surface area contributed by atoms with Crippen LogP contribution in [0.1, 0.15) is 70.4 Å². The van der Waals surface area contributed by atoms with Gasteiger partial charge in [0.15, 0.2) is 17.1 Å². The van der Waals surface area contributed by atoms with Gasteiger partial charge in [-0.15, -0.1) is 5.10 Å². The van der Waals surface area contributed by atoms with E-state index in [1.807, 2.05) is 38.1 Å². The molecule has 0 spiro atoms. The summed E-state index contributed by atoms with van der Waals surface area (Å²) in [4.78, 5) is 37.7. The third-order valence-electron chi connectivity index (χ3n) is 10.6. The standard InChI is InChI=1S/C25H24F3N7O.C20H19BrF3N5O/c1-15-11-16(4-7-19(15)24(36)33-17-5-6-17)21-14-31-23-20(30-10-8-25(26,27)28)12-22(34-35(21)23)32-18-3-2-9-29-13-18;1-11-8-12(2-5-14(11)19(30)27-13-3-4-13)16-10-26-18-15(9-17(21)28-29(16)18)25-7-6-20(22,23)24/h2-4,7,9,11-14,17,30H,5-6,8,10H2,1H3,(H,32,34)(H,33,36);2,5,8-10,13,25H,3-4,6-7H2,1H3,(H,27,30). The molecule has 7 aromatic rings. The summed E-state index contributed by atoms with van der Waals surface area (Å²) in [5.41, 5.74) is 8.05. The number of alkyl halides is 6. The van der Waals surface area contributed by atoms with Crippen molar-refractivity contribution in [1.29, 1.82) is 0 Å². The van der Waals surface area contributed by atoms with Gasteiger partial charge in [-0.05, 0) is 109 Å². The molecule has 2 aromatic carbocycles. The molecule has 0 radical (unpaired) electrons. The Morgan fingerprint density at radius 2 is 1.18 bits per heavy atom. The number of carbonyl (C=O) groups excluding carboxylic acids is 2. The van der Waals surface area contributed by atoms with E-state index in [9.17, 15) is 35.9 Å². The van der Waals surface area contributed by atoms with Crippen LogP contribution in [0.15, 0.2) is 90.1 Å². The van der Waals surface area contributed by atoms with Crippen molar-refractivity contribution in [3.8, 4) is 22.5 Å². The van der Waals surface area contributed by atoms with E-state index in [-0.39, 0.29) is 37.0 Å². The molecule has 5 aromatic heterocycles. The Labute approximate surface area is 382 Å². The molecule has 14 nitrogen and oxygen atoms in total. The molecule has 5 heterocycles. The zero-order valence-electron chi connectivity index (χ0n) is 35.5. The molecule has 0 bridgehead atoms. The Hall–Kier alpha value is -6.77. The smallest absolute Gasteiger partial charge is 0.382 e. The molecule has 21 heteroatoms. The van der Waals surface area contributed by atoms with E-state index in [0.29, 0.717) is 61.3 Å². The van der Waals surface area contributed by atoms with E-state index < -0.39 is 25.2 Å². The first-order chi connectivity index (χ1) is 31.5. The number of benzene rings is 2. The van der Waals surface area contributed by atoms with Crippen LogP contribution in [-0.2, 0) is 0 Å². The number of imidazole rings is 2. The van der Waals surface area contributed by atoms with E-state index in [2.05, 4.69) is 67.7 Å². The third-order valence-corrected chi connectivity index (χ3v) is 11.0. The van der Waals surface area contributed by atoms with Gasteiger partial charge in [-0.1, -0.05) is 12.1 Å². The number of hydrogen-bond donors (Lipinski definition) is 5. The molecular weight excluding hydrogens is 934 g/mol. The molecule has 0 unspecified atom stereocenters. The van der Waals surface area contributed by atoms with Crippen LogP contribution < -0.4 is 26.6 Å². The molecular formula is C45H43BrF6N12O2. The lowest BCUT2D eigenvalue weighted by molar-refractivity contribution is -0.132. The van der Waals surface area contributed by atoms with Gasteiger partial charge in [0.05, 0.1) is 59.9 Å². The van der Waals surface area contributed by atoms with Crippen molar-refractivity contribution in [3.63, 3.8) is 0 Å². The molecule has 2 saturated carbocycles. The predicted molar refractivity (Wildman–Crippen MR) is 241 cm³/mol. The van der Waals surface area contributed by atoms with Crippen molar-refractivity contribution >= 4 is 61.9 Å². The first-order valence-corrected chi connectivity index (χ1v) is 21.8. The second-order valence-electron chi connectivity index (χ2n) is 16.1. The van der Waals surface area contributed by atoms with Gasteiger partial charge >= 0.3 is 12.4 Å². The fourth-order valence-corrected chi connectivity index (χ4v) is 7.41. The Morgan fingerprint density at radius 1 is 0.682 bits per heavy atom. The molecule has 0 aliphatic heterocycles. The molecule has 66 heavy (non-hydrogen) atoms. The maximum atomic E-state index is 12.7. The SMILES string of the molecule is Cc1cc(-c2cnc3c(NCCC(F)(F)F)cc(Br)nn23)ccc1C(=O)NC1CC1.Cc1cc(-c2cnc3c(NCCC(F)(F)F)cc(Nc4cccnc4)nn23)ccc1C(=O)NC1CC1. The molecule has 2 fully saturated rings. The first kappa shape index (κ1) is 45.8. The first-order valence-electron chi connectivity index (χ1n) is 21.0. The minimum absolute atomic E-state index is 0.0864. The van der Waals surface area contributed by atoms with Gasteiger partial charge < -0.3 is 26.6 Å². The molecule has 5 N–H and O–H groups in total. The molecule has 0 atom stereocenters. The number of halogens is 7. The predicted octanol–water partition coefficient (Wildman–Crippen LogP) is 9.82. The highest BCUT2D eigenvalue weighted by molar-refractivity contribution is 9.10. The number of aryl methyl sites for hydroxylation is 2. The van der Waals surface area contributed by atoms with Gasteiger partial charge in [-0.25, -0.2) is 19.0 Å². The lowest BCUT2D eigenvalue weighted by Gasteiger charge is -2.13. The molecule has 2 aliphatic rings. The van der Waals surface area contributed by atoms with Crippen molar-refractivity contribution in [1.82, 2.24) is 44.8 Å². The maximum Gasteiger partial charge on any atom is 0.390 e. The Morgan fingerprint density at radius 3 is 1.64 bits per heavy atom. The number of pyridine rings is 1. The number of carbonyl (C=O) groups is 2. The Balaban J connectivity index is 0.000000182. The van der Waals surface area contributed by atoms with Crippen LogP contribution in [0, 0.1) is 13.8 Å². The molecule has 2 amide bonds. The maximum absolute atomic E-state index is 12.7. The average molecular weight is 978 g/mol. The highest BCUT2D eigenvalue weighted by atomic mass is 79.9. The van der Waals surface area contributed by atoms with E-state index in [0.717, 1.165) is 47.9 Å². The van der Waals surface area contributed by atoms with Crippen molar-refractivity contribution in [3.05, 3.63) is 112 Å². The van der Waals surface area contributed by atoms with Gasteiger partial charge in [0.25, 0.3) is 11.8 Å². The van der Waals surface area contributed by atoms with Gasteiger partial charge in [0.2, 0.25) is 0 Å². The molecule has 0 saturated heterocycles. The number of nitrogens with one attached hydrogen (secondary N) is 5. The second kappa shape index (κ2) is 19.0. The average Bonchev–Trinajstić information content (AvgIpc) is 4.17. The van der Waals surface area contributed by atoms with Crippen LogP contribution in [0.4, 0.5) is 49.2 Å². The summed E-state index contributed by atoms with van der Waals surface area (Å²) in [6.45, 7) is 3.16. The van der Waals surface area contributed by atoms with Gasteiger partial charge in [0.1, 0.15) is 4.60 Å². The highest BCUT2D eigenvalue weighted by Crippen LogP contribution is 2.31. The van der Waals surface area contributed by atoms with E-state index in [4.69, 9.17) is 0 Å². The zero-order chi connectivity index (χ0) is 46.8. The Bertz CT molecular complexity index is 2890. The minimum atomic E-state index is -4.28. The van der Waals surface area contributed by atoms with Crippen LogP contribution in [0.25, 0.3) is 33.8 Å². The summed E-state index contributed by atoms with van der Waals surface area (Å²) in [6, 6.07) is 18.2. The van der Waals surface area contributed by atoms with Crippen molar-refractivity contribution in [2.45, 2.75) is 76.8 Å². The number of amides is 2. The minimum Gasteiger partial charge on any atom is -0.382 e. The number of hydrogen-bond acceptors (Lipinski definition) is 10. The quantitative estimate of drug-likeness (QED) is 0.0662. The largest absolute Gasteiger partial charge is 0.390 e. The van der Waals surface area contributed by atoms with Crippen molar-refractivity contribution in [2.75, 3.05) is 29.0 Å². The lowest BCUT2D eigenvalue weighted by atomic mass is 10.0. The summed E-state index contributed by atoms with van der Waals surface area (Å²) in [5, 5.41) is 23.8. The zero-order valence-corrected chi connectivity index (χ0v) is 37.1. The number of aromatic nitrogens is 7. The van der Waals surface area contributed by atoms with Gasteiger partial charge in [0, 0.05) is 59.7 Å². The summed E-state index contributed by atoms with van der Waals surface area (Å²) in [6.07, 6.45) is 0.0822. The van der Waals surface area contributed by atoms with Crippen molar-refractivity contribution < 1.29 is 35.9 Å². The normalized spacial score (nSPS) is 13.8. The van der Waals surface area contributed by atoms with Crippen LogP contribution >= 0.6 is 15.9 Å². The third kappa shape index (κ3) is 11.5. The molecule has 2 aliphatic carbocycles. The fourth-order valence-electron chi connectivity index (χ4n) is 7.02. The van der Waals surface area contributed by atoms with Gasteiger partial charge in [-0.3, -0.25) is 14.6 Å². The topological polar surface area (TPSA) is 168 Å². The second-order valence-corrected chi connectivity index (χ2v) is 16.9. The van der Waals surface area contributed by atoms with Crippen LogP contribution in [0.3, 0.4) is 0 Å². The van der Waals surface area contributed by atoms with Crippen LogP contribution in [0.5, 0.6) is 0 Å². The van der Waals surface area contributed by atoms with E-state index >= 15 is 0 Å². The van der Waals surface area contributed by atoms with Crippen molar-refractivity contribution in [2.24, 2.45) is 0 Å². The molecule has 344 valence electrons. The Kier molecular flexibility index (Phi) is 13.2.